The van der Waals surface area contributed by atoms with Crippen molar-refractivity contribution in [3.8, 4) is 5.88 Å². The monoisotopic (exact) mass is 288 g/mol. The lowest BCUT2D eigenvalue weighted by atomic mass is 10.3. The predicted octanol–water partition coefficient (Wildman–Crippen LogP) is 1.54. The maximum Gasteiger partial charge on any atom is 0.456 e. The number of nitrogen functional groups attached to an aromatic ring is 1. The van der Waals surface area contributed by atoms with Gasteiger partial charge in [-0.3, -0.25) is 10.1 Å². The summed E-state index contributed by atoms with van der Waals surface area (Å²) < 4.78 is 64.7. The largest absolute Gasteiger partial charge is 0.466 e. The van der Waals surface area contributed by atoms with Crippen LogP contribution in [0.2, 0.25) is 0 Å². The number of aromatic nitrogens is 2. The second-order valence-electron chi connectivity index (χ2n) is 3.17. The van der Waals surface area contributed by atoms with Crippen molar-refractivity contribution in [3.63, 3.8) is 0 Å². The van der Waals surface area contributed by atoms with Gasteiger partial charge in [0.2, 0.25) is 5.95 Å². The summed E-state index contributed by atoms with van der Waals surface area (Å²) in [5.74, 6) is -6.82. The number of nitro groups is 1. The third kappa shape index (κ3) is 3.35. The number of nitrogens with zero attached hydrogens (tertiary/aromatic N) is 3. The Morgan fingerprint density at radius 2 is 1.95 bits per heavy atom. The molecule has 0 fully saturated rings. The fraction of sp³-hybridized carbons (Fsp3) is 0.429. The molecule has 12 heteroatoms. The molecule has 19 heavy (non-hydrogen) atoms. The minimum Gasteiger partial charge on any atom is -0.466 e. The van der Waals surface area contributed by atoms with Crippen LogP contribution in [-0.2, 0) is 0 Å². The number of hydrogen-bond acceptors (Lipinski definition) is 6. The highest BCUT2D eigenvalue weighted by Gasteiger charge is 2.58. The number of halogens is 5. The molecular weight excluding hydrogens is 283 g/mol. The molecule has 0 saturated carbocycles. The number of anilines is 1. The van der Waals surface area contributed by atoms with Gasteiger partial charge in [0.25, 0.3) is 5.88 Å². The van der Waals surface area contributed by atoms with E-state index in [0.29, 0.717) is 6.20 Å². The second-order valence-corrected chi connectivity index (χ2v) is 3.17. The normalized spacial score (nSPS) is 12.3. The summed E-state index contributed by atoms with van der Waals surface area (Å²) in [4.78, 5) is 15.6. The van der Waals surface area contributed by atoms with Crippen LogP contribution in [0, 0.1) is 10.1 Å². The van der Waals surface area contributed by atoms with Gasteiger partial charge in [0.1, 0.15) is 6.20 Å². The van der Waals surface area contributed by atoms with Crippen LogP contribution >= 0.6 is 0 Å². The van der Waals surface area contributed by atoms with Gasteiger partial charge in [0, 0.05) is 0 Å². The van der Waals surface area contributed by atoms with Crippen LogP contribution in [0.4, 0.5) is 33.6 Å². The van der Waals surface area contributed by atoms with Gasteiger partial charge in [0.15, 0.2) is 6.61 Å². The van der Waals surface area contributed by atoms with Crippen molar-refractivity contribution in [1.82, 2.24) is 9.97 Å². The van der Waals surface area contributed by atoms with Crippen LogP contribution in [0.5, 0.6) is 5.88 Å². The van der Waals surface area contributed by atoms with E-state index in [1.807, 2.05) is 0 Å². The molecule has 0 aliphatic carbocycles. The maximum absolute atomic E-state index is 12.6. The third-order valence-electron chi connectivity index (χ3n) is 1.76. The standard InChI is InChI=1S/C7H5F5N4O3/c8-6(9,7(10,11)12)2-19-4-3(16(17)18)1-14-5(13)15-4/h1H,2H2,(H2,13,14,15). The first kappa shape index (κ1) is 14.8. The second kappa shape index (κ2) is 4.78. The van der Waals surface area contributed by atoms with Gasteiger partial charge >= 0.3 is 17.8 Å². The Morgan fingerprint density at radius 3 is 2.42 bits per heavy atom. The molecule has 0 aliphatic rings. The van der Waals surface area contributed by atoms with Crippen molar-refractivity contribution in [2.45, 2.75) is 12.1 Å². The fourth-order valence-electron chi connectivity index (χ4n) is 0.845. The van der Waals surface area contributed by atoms with Crippen LogP contribution in [0.3, 0.4) is 0 Å². The summed E-state index contributed by atoms with van der Waals surface area (Å²) in [5.41, 5.74) is 4.04. The number of alkyl halides is 5. The van der Waals surface area contributed by atoms with E-state index >= 15 is 0 Å². The van der Waals surface area contributed by atoms with Crippen LogP contribution in [0.1, 0.15) is 0 Å². The summed E-state index contributed by atoms with van der Waals surface area (Å²) in [7, 11) is 0. The van der Waals surface area contributed by atoms with Crippen LogP contribution < -0.4 is 10.5 Å². The molecule has 0 saturated heterocycles. The summed E-state index contributed by atoms with van der Waals surface area (Å²) in [6, 6.07) is 0. The highest BCUT2D eigenvalue weighted by Crippen LogP contribution is 2.36. The third-order valence-corrected chi connectivity index (χ3v) is 1.76. The topological polar surface area (TPSA) is 104 Å². The van der Waals surface area contributed by atoms with E-state index in [-0.39, 0.29) is 0 Å². The lowest BCUT2D eigenvalue weighted by molar-refractivity contribution is -0.386. The van der Waals surface area contributed by atoms with E-state index < -0.39 is 41.1 Å². The molecule has 1 aromatic rings. The molecule has 0 bridgehead atoms. The van der Waals surface area contributed by atoms with Crippen molar-refractivity contribution < 1.29 is 31.6 Å². The zero-order valence-electron chi connectivity index (χ0n) is 8.82. The molecule has 106 valence electrons. The van der Waals surface area contributed by atoms with Crippen molar-refractivity contribution in [1.29, 1.82) is 0 Å². The number of rotatable bonds is 4. The zero-order chi connectivity index (χ0) is 14.8. The van der Waals surface area contributed by atoms with Crippen LogP contribution in [0.15, 0.2) is 6.20 Å². The van der Waals surface area contributed by atoms with E-state index in [1.165, 1.54) is 0 Å². The number of ether oxygens (including phenoxy) is 1. The summed E-state index contributed by atoms with van der Waals surface area (Å²) in [5, 5.41) is 10.4. The van der Waals surface area contributed by atoms with Crippen LogP contribution in [0.25, 0.3) is 0 Å². The lowest BCUT2D eigenvalue weighted by Crippen LogP contribution is -2.41. The van der Waals surface area contributed by atoms with Gasteiger partial charge in [-0.1, -0.05) is 0 Å². The molecule has 1 rings (SSSR count). The van der Waals surface area contributed by atoms with Crippen molar-refractivity contribution >= 4 is 11.6 Å². The molecule has 1 aromatic heterocycles. The molecule has 7 nitrogen and oxygen atoms in total. The summed E-state index contributed by atoms with van der Waals surface area (Å²) in [6.45, 7) is -2.16. The Kier molecular flexibility index (Phi) is 3.72. The SMILES string of the molecule is Nc1ncc([N+](=O)[O-])c(OCC(F)(F)C(F)(F)F)n1. The molecule has 0 atom stereocenters. The first-order valence-corrected chi connectivity index (χ1v) is 4.39. The Hall–Kier alpha value is -2.27. The van der Waals surface area contributed by atoms with Crippen molar-refractivity contribution in [2.24, 2.45) is 0 Å². The van der Waals surface area contributed by atoms with Crippen molar-refractivity contribution in [2.75, 3.05) is 12.3 Å². The molecular formula is C7H5F5N4O3. The predicted molar refractivity (Wildman–Crippen MR) is 49.6 cm³/mol. The highest BCUT2D eigenvalue weighted by atomic mass is 19.4. The van der Waals surface area contributed by atoms with E-state index in [4.69, 9.17) is 5.73 Å². The summed E-state index contributed by atoms with van der Waals surface area (Å²) >= 11 is 0. The quantitative estimate of drug-likeness (QED) is 0.512. The zero-order valence-corrected chi connectivity index (χ0v) is 8.82. The minimum absolute atomic E-state index is 0.531. The van der Waals surface area contributed by atoms with Gasteiger partial charge in [0.05, 0.1) is 4.92 Å². The minimum atomic E-state index is -5.85. The molecule has 2 N–H and O–H groups in total. The molecule has 0 aromatic carbocycles. The van der Waals surface area contributed by atoms with Gasteiger partial charge in [-0.2, -0.15) is 26.9 Å². The first-order valence-electron chi connectivity index (χ1n) is 4.39. The van der Waals surface area contributed by atoms with E-state index in [1.54, 1.807) is 0 Å². The average Bonchev–Trinajstić information content (AvgIpc) is 2.24. The molecule has 0 radical (unpaired) electrons. The van der Waals surface area contributed by atoms with Gasteiger partial charge < -0.3 is 10.5 Å². The van der Waals surface area contributed by atoms with E-state index in [0.717, 1.165) is 0 Å². The first-order chi connectivity index (χ1) is 8.54. The van der Waals surface area contributed by atoms with Gasteiger partial charge in [-0.15, -0.1) is 0 Å². The highest BCUT2D eigenvalue weighted by molar-refractivity contribution is 5.41. The van der Waals surface area contributed by atoms with Crippen molar-refractivity contribution in [3.05, 3.63) is 16.3 Å². The van der Waals surface area contributed by atoms with Crippen LogP contribution in [-0.4, -0.2) is 33.6 Å². The Balaban J connectivity index is 2.95. The maximum atomic E-state index is 12.6. The molecule has 0 spiro atoms. The molecule has 0 unspecified atom stereocenters. The Bertz CT molecular complexity index is 492. The van der Waals surface area contributed by atoms with E-state index in [2.05, 4.69) is 14.7 Å². The molecule has 0 aliphatic heterocycles. The molecule has 1 heterocycles. The number of hydrogen-bond donors (Lipinski definition) is 1. The van der Waals surface area contributed by atoms with Gasteiger partial charge in [-0.05, 0) is 0 Å². The smallest absolute Gasteiger partial charge is 0.456 e. The van der Waals surface area contributed by atoms with E-state index in [9.17, 15) is 32.1 Å². The summed E-state index contributed by atoms with van der Waals surface area (Å²) in [6.07, 6.45) is -5.32. The Labute approximate surface area is 101 Å². The van der Waals surface area contributed by atoms with Gasteiger partial charge in [-0.25, -0.2) is 4.98 Å². The fourth-order valence-corrected chi connectivity index (χ4v) is 0.845. The number of nitrogens with two attached hydrogens (primary N) is 1. The lowest BCUT2D eigenvalue weighted by Gasteiger charge is -2.19. The average molecular weight is 288 g/mol. The molecule has 0 amide bonds. The Morgan fingerprint density at radius 1 is 1.37 bits per heavy atom.